The van der Waals surface area contributed by atoms with Crippen molar-refractivity contribution in [3.05, 3.63) is 83.4 Å². The zero-order valence-electron chi connectivity index (χ0n) is 13.6. The zero-order chi connectivity index (χ0) is 20.5. The monoisotopic (exact) mass is 406 g/mol. The van der Waals surface area contributed by atoms with Gasteiger partial charge in [0.1, 0.15) is 10.8 Å². The Morgan fingerprint density at radius 2 is 1.22 bits per heavy atom. The number of aromatic hydroxyl groups is 1. The van der Waals surface area contributed by atoms with Crippen LogP contribution in [0.5, 0.6) is 5.75 Å². The number of halogens is 7. The summed E-state index contributed by atoms with van der Waals surface area (Å²) in [4.78, 5) is 0. The fraction of sp³-hybridized carbons (Fsp3) is 0.158. The van der Waals surface area contributed by atoms with E-state index in [0.29, 0.717) is 5.75 Å². The second kappa shape index (κ2) is 7.31. The van der Waals surface area contributed by atoms with Gasteiger partial charge in [-0.1, -0.05) is 66.7 Å². The second-order valence-corrected chi connectivity index (χ2v) is 5.97. The van der Waals surface area contributed by atoms with Crippen LogP contribution in [0, 0.1) is 0 Å². The lowest BCUT2D eigenvalue weighted by Gasteiger charge is -2.25. The molecular formula is C19H13ClF6O. The van der Waals surface area contributed by atoms with Crippen LogP contribution < -0.4 is 0 Å². The van der Waals surface area contributed by atoms with Gasteiger partial charge in [0.05, 0.1) is 5.57 Å². The lowest BCUT2D eigenvalue weighted by molar-refractivity contribution is -0.262. The van der Waals surface area contributed by atoms with E-state index >= 15 is 0 Å². The van der Waals surface area contributed by atoms with Crippen LogP contribution in [0.25, 0.3) is 5.57 Å². The fourth-order valence-electron chi connectivity index (χ4n) is 2.32. The Hall–Kier alpha value is -2.41. The molecule has 0 aromatic heterocycles. The van der Waals surface area contributed by atoms with Crippen LogP contribution in [0.1, 0.15) is 5.56 Å². The smallest absolute Gasteiger partial charge is 0.381 e. The molecule has 0 amide bonds. The maximum Gasteiger partial charge on any atom is 0.381 e. The molecule has 0 radical (unpaired) electrons. The molecule has 0 aliphatic heterocycles. The van der Waals surface area contributed by atoms with E-state index < -0.39 is 33.9 Å². The first-order valence-electron chi connectivity index (χ1n) is 7.47. The van der Waals surface area contributed by atoms with Gasteiger partial charge in [0.15, 0.2) is 0 Å². The van der Waals surface area contributed by atoms with Crippen LogP contribution in [-0.4, -0.2) is 22.9 Å². The highest BCUT2D eigenvalue weighted by molar-refractivity contribution is 6.32. The van der Waals surface area contributed by atoms with Crippen molar-refractivity contribution < 1.29 is 31.4 Å². The van der Waals surface area contributed by atoms with Gasteiger partial charge >= 0.3 is 17.8 Å². The zero-order valence-corrected chi connectivity index (χ0v) is 14.3. The fourth-order valence-corrected chi connectivity index (χ4v) is 2.67. The van der Waals surface area contributed by atoms with Crippen LogP contribution in [0.3, 0.4) is 0 Å². The molecule has 1 nitrogen and oxygen atoms in total. The Bertz CT molecular complexity index is 847. The number of allylic oxidation sites excluding steroid dienone is 3. The Morgan fingerprint density at radius 3 is 1.56 bits per heavy atom. The molecule has 3 rings (SSSR count). The van der Waals surface area contributed by atoms with Crippen LogP contribution in [0.2, 0.25) is 0 Å². The molecule has 0 saturated heterocycles. The first-order valence-corrected chi connectivity index (χ1v) is 7.85. The normalized spacial score (nSPS) is 19.2. The van der Waals surface area contributed by atoms with Gasteiger partial charge in [0, 0.05) is 0 Å². The van der Waals surface area contributed by atoms with Crippen LogP contribution >= 0.6 is 11.6 Å². The molecule has 144 valence electrons. The summed E-state index contributed by atoms with van der Waals surface area (Å²) in [6, 6.07) is 15.7. The highest BCUT2D eigenvalue weighted by Crippen LogP contribution is 2.62. The summed E-state index contributed by atoms with van der Waals surface area (Å²) in [6.07, 6.45) is 0. The number of rotatable bonds is 2. The van der Waals surface area contributed by atoms with Crippen molar-refractivity contribution in [2.24, 2.45) is 0 Å². The highest BCUT2D eigenvalue weighted by Gasteiger charge is 2.80. The predicted octanol–water partition coefficient (Wildman–Crippen LogP) is 6.50. The van der Waals surface area contributed by atoms with Crippen molar-refractivity contribution in [3.8, 4) is 5.75 Å². The van der Waals surface area contributed by atoms with E-state index in [1.165, 1.54) is 24.3 Å². The molecule has 0 unspecified atom stereocenters. The minimum absolute atomic E-state index is 0.00817. The minimum Gasteiger partial charge on any atom is -0.508 e. The third-order valence-corrected chi connectivity index (χ3v) is 4.20. The molecule has 2 aromatic carbocycles. The van der Waals surface area contributed by atoms with Gasteiger partial charge in [-0.05, 0) is 23.3 Å². The topological polar surface area (TPSA) is 20.2 Å². The molecule has 0 bridgehead atoms. The number of benzene rings is 2. The Labute approximate surface area is 156 Å². The van der Waals surface area contributed by atoms with Gasteiger partial charge in [0.25, 0.3) is 0 Å². The summed E-state index contributed by atoms with van der Waals surface area (Å²) in [5.74, 6) is -15.5. The standard InChI is InChI=1S/C13H7ClF6.C6H6O/c1-7(8-5-3-2-4-6-8)9-10(14)12(17,18)13(19,20)11(9,15)16;7-6-4-2-1-3-5-6/h2-6H,1H2;1-5,7H. The van der Waals surface area contributed by atoms with E-state index in [4.69, 9.17) is 16.7 Å². The van der Waals surface area contributed by atoms with E-state index in [1.54, 1.807) is 30.3 Å². The third-order valence-electron chi connectivity index (χ3n) is 3.78. The molecule has 0 atom stereocenters. The summed E-state index contributed by atoms with van der Waals surface area (Å²) in [7, 11) is 0. The summed E-state index contributed by atoms with van der Waals surface area (Å²) in [6.45, 7) is 3.20. The molecule has 1 N–H and O–H groups in total. The molecule has 1 aliphatic carbocycles. The Kier molecular flexibility index (Phi) is 5.65. The lowest BCUT2D eigenvalue weighted by atomic mass is 9.96. The van der Waals surface area contributed by atoms with E-state index in [1.807, 2.05) is 6.07 Å². The van der Waals surface area contributed by atoms with Crippen molar-refractivity contribution in [2.45, 2.75) is 17.8 Å². The van der Waals surface area contributed by atoms with Crippen LogP contribution in [-0.2, 0) is 0 Å². The maximum atomic E-state index is 13.6. The summed E-state index contributed by atoms with van der Waals surface area (Å²) < 4.78 is 80.2. The SMILES string of the molecule is C=C(C1=C(Cl)C(F)(F)C(F)(F)C1(F)F)c1ccccc1.Oc1ccccc1. The third kappa shape index (κ3) is 3.56. The van der Waals surface area contributed by atoms with Crippen LogP contribution in [0.4, 0.5) is 26.3 Å². The van der Waals surface area contributed by atoms with Crippen molar-refractivity contribution in [3.63, 3.8) is 0 Å². The van der Waals surface area contributed by atoms with Crippen molar-refractivity contribution >= 4 is 17.2 Å². The number of hydrogen-bond donors (Lipinski definition) is 1. The highest BCUT2D eigenvalue weighted by atomic mass is 35.5. The van der Waals surface area contributed by atoms with Gasteiger partial charge in [-0.2, -0.15) is 26.3 Å². The number of para-hydroxylation sites is 1. The Morgan fingerprint density at radius 1 is 0.778 bits per heavy atom. The van der Waals surface area contributed by atoms with Gasteiger partial charge in [-0.25, -0.2) is 0 Å². The van der Waals surface area contributed by atoms with Crippen LogP contribution in [0.15, 0.2) is 77.8 Å². The van der Waals surface area contributed by atoms with E-state index in [2.05, 4.69) is 6.58 Å². The maximum absolute atomic E-state index is 13.6. The van der Waals surface area contributed by atoms with Crippen molar-refractivity contribution in [2.75, 3.05) is 0 Å². The van der Waals surface area contributed by atoms with E-state index in [9.17, 15) is 26.3 Å². The molecule has 0 saturated carbocycles. The van der Waals surface area contributed by atoms with Crippen molar-refractivity contribution in [1.29, 1.82) is 0 Å². The number of alkyl halides is 6. The van der Waals surface area contributed by atoms with E-state index in [-0.39, 0.29) is 5.56 Å². The molecule has 0 heterocycles. The molecule has 0 fully saturated rings. The number of phenolic OH excluding ortho intramolecular Hbond substituents is 1. The minimum atomic E-state index is -5.59. The first-order chi connectivity index (χ1) is 12.4. The summed E-state index contributed by atoms with van der Waals surface area (Å²) in [5, 5.41) is 6.76. The molecule has 8 heteroatoms. The largest absolute Gasteiger partial charge is 0.508 e. The quantitative estimate of drug-likeness (QED) is 0.564. The lowest BCUT2D eigenvalue weighted by Crippen LogP contribution is -2.49. The molecule has 1 aliphatic rings. The summed E-state index contributed by atoms with van der Waals surface area (Å²) in [5.41, 5.74) is -2.27. The van der Waals surface area contributed by atoms with Gasteiger partial charge < -0.3 is 5.11 Å². The average molecular weight is 407 g/mol. The Balaban J connectivity index is 0.000000313. The molecule has 27 heavy (non-hydrogen) atoms. The van der Waals surface area contributed by atoms with Gasteiger partial charge in [0.2, 0.25) is 0 Å². The van der Waals surface area contributed by atoms with Gasteiger partial charge in [-0.3, -0.25) is 0 Å². The van der Waals surface area contributed by atoms with E-state index in [0.717, 1.165) is 0 Å². The molecule has 0 spiro atoms. The first kappa shape index (κ1) is 20.9. The number of hydrogen-bond acceptors (Lipinski definition) is 1. The molecule has 2 aromatic rings. The molecular weight excluding hydrogens is 394 g/mol. The van der Waals surface area contributed by atoms with Gasteiger partial charge in [-0.15, -0.1) is 0 Å². The predicted molar refractivity (Wildman–Crippen MR) is 91.3 cm³/mol. The van der Waals surface area contributed by atoms with Crippen molar-refractivity contribution in [1.82, 2.24) is 0 Å². The average Bonchev–Trinajstić information content (AvgIpc) is 2.71. The summed E-state index contributed by atoms with van der Waals surface area (Å²) >= 11 is 5.09. The number of phenols is 1. The second-order valence-electron chi connectivity index (χ2n) is 5.59.